The molecule has 0 saturated heterocycles. The highest BCUT2D eigenvalue weighted by molar-refractivity contribution is 5.78. The van der Waals surface area contributed by atoms with Crippen molar-refractivity contribution in [1.82, 2.24) is 10.5 Å². The van der Waals surface area contributed by atoms with Crippen LogP contribution in [0.4, 0.5) is 0 Å². The summed E-state index contributed by atoms with van der Waals surface area (Å²) in [6, 6.07) is 9.53. The van der Waals surface area contributed by atoms with Crippen molar-refractivity contribution in [2.75, 3.05) is 13.7 Å². The van der Waals surface area contributed by atoms with Crippen molar-refractivity contribution in [2.45, 2.75) is 25.7 Å². The Balaban J connectivity index is 1.99. The monoisotopic (exact) mass is 288 g/mol. The van der Waals surface area contributed by atoms with Gasteiger partial charge in [0.25, 0.3) is 0 Å². The number of amides is 1. The molecule has 0 bridgehead atoms. The Hall–Kier alpha value is -2.30. The molecule has 0 atom stereocenters. The summed E-state index contributed by atoms with van der Waals surface area (Å²) in [5, 5.41) is 6.67. The van der Waals surface area contributed by atoms with E-state index in [1.807, 2.05) is 24.3 Å². The molecule has 0 spiro atoms. The Morgan fingerprint density at radius 3 is 2.76 bits per heavy atom. The molecule has 1 heterocycles. The fraction of sp³-hybridized carbons (Fsp3) is 0.375. The van der Waals surface area contributed by atoms with Gasteiger partial charge in [-0.1, -0.05) is 37.2 Å². The van der Waals surface area contributed by atoms with Crippen LogP contribution >= 0.6 is 0 Å². The Bertz CT molecular complexity index is 591. The summed E-state index contributed by atoms with van der Waals surface area (Å²) < 4.78 is 10.1. The molecule has 21 heavy (non-hydrogen) atoms. The van der Waals surface area contributed by atoms with E-state index in [9.17, 15) is 4.79 Å². The number of rotatable bonds is 6. The van der Waals surface area contributed by atoms with Gasteiger partial charge in [0.1, 0.15) is 12.0 Å². The molecule has 1 N–H and O–H groups in total. The number of nitrogens with zero attached hydrogens (tertiary/aromatic N) is 1. The molecule has 5 heteroatoms. The number of benzene rings is 1. The third-order valence-corrected chi connectivity index (χ3v) is 3.40. The van der Waals surface area contributed by atoms with Crippen LogP contribution in [0, 0.1) is 0 Å². The van der Waals surface area contributed by atoms with Crippen LogP contribution in [0.5, 0.6) is 5.75 Å². The Kier molecular flexibility index (Phi) is 4.62. The van der Waals surface area contributed by atoms with Crippen LogP contribution in [0.15, 0.2) is 41.1 Å². The van der Waals surface area contributed by atoms with Gasteiger partial charge in [-0.2, -0.15) is 0 Å². The summed E-state index contributed by atoms with van der Waals surface area (Å²) in [6.07, 6.45) is 1.68. The molecular formula is C16H20N2O3. The summed E-state index contributed by atoms with van der Waals surface area (Å²) in [7, 11) is 1.65. The van der Waals surface area contributed by atoms with Crippen LogP contribution in [0.25, 0.3) is 0 Å². The second-order valence-corrected chi connectivity index (χ2v) is 5.53. The van der Waals surface area contributed by atoms with Crippen LogP contribution in [-0.4, -0.2) is 24.7 Å². The SMILES string of the molecule is COc1ccccc1C(C)(C)CNC(=O)Cc1ccon1. The van der Waals surface area contributed by atoms with E-state index >= 15 is 0 Å². The minimum atomic E-state index is -0.230. The second kappa shape index (κ2) is 6.43. The van der Waals surface area contributed by atoms with Gasteiger partial charge >= 0.3 is 0 Å². The van der Waals surface area contributed by atoms with Crippen LogP contribution in [0.1, 0.15) is 25.1 Å². The molecule has 0 aliphatic heterocycles. The zero-order valence-electron chi connectivity index (χ0n) is 12.6. The molecule has 0 unspecified atom stereocenters. The second-order valence-electron chi connectivity index (χ2n) is 5.53. The van der Waals surface area contributed by atoms with Crippen molar-refractivity contribution in [1.29, 1.82) is 0 Å². The lowest BCUT2D eigenvalue weighted by Crippen LogP contribution is -2.37. The Morgan fingerprint density at radius 1 is 1.33 bits per heavy atom. The third kappa shape index (κ3) is 3.84. The first-order valence-electron chi connectivity index (χ1n) is 6.82. The van der Waals surface area contributed by atoms with E-state index in [4.69, 9.17) is 9.26 Å². The minimum Gasteiger partial charge on any atom is -0.496 e. The summed E-state index contributed by atoms with van der Waals surface area (Å²) in [5.74, 6) is 0.750. The molecule has 1 aromatic heterocycles. The number of para-hydroxylation sites is 1. The maximum absolute atomic E-state index is 11.9. The average Bonchev–Trinajstić information content (AvgIpc) is 2.98. The average molecular weight is 288 g/mol. The van der Waals surface area contributed by atoms with Gasteiger partial charge in [0.2, 0.25) is 5.91 Å². The smallest absolute Gasteiger partial charge is 0.226 e. The molecule has 112 valence electrons. The number of hydrogen-bond donors (Lipinski definition) is 1. The molecule has 5 nitrogen and oxygen atoms in total. The van der Waals surface area contributed by atoms with E-state index in [0.717, 1.165) is 11.3 Å². The lowest BCUT2D eigenvalue weighted by atomic mass is 9.84. The number of carbonyl (C=O) groups is 1. The van der Waals surface area contributed by atoms with E-state index in [1.54, 1.807) is 13.2 Å². The standard InChI is InChI=1S/C16H20N2O3/c1-16(2,13-6-4-5-7-14(13)20-3)11-17-15(19)10-12-8-9-21-18-12/h4-9H,10-11H2,1-3H3,(H,17,19). The van der Waals surface area contributed by atoms with Crippen molar-refractivity contribution in [2.24, 2.45) is 0 Å². The lowest BCUT2D eigenvalue weighted by Gasteiger charge is -2.27. The van der Waals surface area contributed by atoms with Crippen molar-refractivity contribution in [3.63, 3.8) is 0 Å². The highest BCUT2D eigenvalue weighted by Crippen LogP contribution is 2.30. The summed E-state index contributed by atoms with van der Waals surface area (Å²) >= 11 is 0. The largest absolute Gasteiger partial charge is 0.496 e. The number of methoxy groups -OCH3 is 1. The van der Waals surface area contributed by atoms with Crippen molar-refractivity contribution in [3.05, 3.63) is 47.9 Å². The first-order valence-corrected chi connectivity index (χ1v) is 6.82. The molecule has 0 aliphatic rings. The maximum atomic E-state index is 11.9. The van der Waals surface area contributed by atoms with Crippen LogP contribution in [0.2, 0.25) is 0 Å². The number of carbonyl (C=O) groups excluding carboxylic acids is 1. The molecule has 0 aliphatic carbocycles. The normalized spacial score (nSPS) is 11.2. The van der Waals surface area contributed by atoms with E-state index in [-0.39, 0.29) is 17.7 Å². The maximum Gasteiger partial charge on any atom is 0.226 e. The molecule has 2 aromatic rings. The van der Waals surface area contributed by atoms with Crippen molar-refractivity contribution < 1.29 is 14.1 Å². The fourth-order valence-corrected chi connectivity index (χ4v) is 2.17. The summed E-state index contributed by atoms with van der Waals surface area (Å²) in [6.45, 7) is 4.66. The Labute approximate surface area is 124 Å². The van der Waals surface area contributed by atoms with Gasteiger partial charge in [-0.05, 0) is 6.07 Å². The number of nitrogens with one attached hydrogen (secondary N) is 1. The zero-order chi connectivity index (χ0) is 15.3. The molecular weight excluding hydrogens is 268 g/mol. The molecule has 0 radical (unpaired) electrons. The van der Waals surface area contributed by atoms with Gasteiger partial charge in [0.15, 0.2) is 0 Å². The van der Waals surface area contributed by atoms with Crippen LogP contribution in [-0.2, 0) is 16.6 Å². The quantitative estimate of drug-likeness (QED) is 0.886. The zero-order valence-corrected chi connectivity index (χ0v) is 12.6. The number of ether oxygens (including phenoxy) is 1. The van der Waals surface area contributed by atoms with E-state index < -0.39 is 0 Å². The van der Waals surface area contributed by atoms with Gasteiger partial charge in [-0.3, -0.25) is 4.79 Å². The third-order valence-electron chi connectivity index (χ3n) is 3.40. The highest BCUT2D eigenvalue weighted by Gasteiger charge is 2.24. The molecule has 1 amide bonds. The molecule has 2 rings (SSSR count). The van der Waals surface area contributed by atoms with Gasteiger partial charge in [0, 0.05) is 23.6 Å². The van der Waals surface area contributed by atoms with E-state index in [1.165, 1.54) is 6.26 Å². The van der Waals surface area contributed by atoms with Crippen molar-refractivity contribution in [3.8, 4) is 5.75 Å². The lowest BCUT2D eigenvalue weighted by molar-refractivity contribution is -0.120. The molecule has 0 fully saturated rings. The topological polar surface area (TPSA) is 64.4 Å². The fourth-order valence-electron chi connectivity index (χ4n) is 2.17. The van der Waals surface area contributed by atoms with Crippen LogP contribution < -0.4 is 10.1 Å². The summed E-state index contributed by atoms with van der Waals surface area (Å²) in [5.41, 5.74) is 1.46. The first kappa shape index (κ1) is 15.1. The highest BCUT2D eigenvalue weighted by atomic mass is 16.5. The van der Waals surface area contributed by atoms with Gasteiger partial charge in [-0.25, -0.2) is 0 Å². The predicted octanol–water partition coefficient (Wildman–Crippen LogP) is 2.32. The van der Waals surface area contributed by atoms with Crippen LogP contribution in [0.3, 0.4) is 0 Å². The molecule has 0 saturated carbocycles. The Morgan fingerprint density at radius 2 is 2.10 bits per heavy atom. The van der Waals surface area contributed by atoms with Crippen molar-refractivity contribution >= 4 is 5.91 Å². The first-order chi connectivity index (χ1) is 10.0. The molecule has 1 aromatic carbocycles. The van der Waals surface area contributed by atoms with Gasteiger partial charge in [-0.15, -0.1) is 0 Å². The van der Waals surface area contributed by atoms with E-state index in [2.05, 4.69) is 24.3 Å². The number of hydrogen-bond acceptors (Lipinski definition) is 4. The summed E-state index contributed by atoms with van der Waals surface area (Å²) in [4.78, 5) is 11.9. The van der Waals surface area contributed by atoms with Gasteiger partial charge < -0.3 is 14.6 Å². The van der Waals surface area contributed by atoms with E-state index in [0.29, 0.717) is 12.2 Å². The number of aromatic nitrogens is 1. The minimum absolute atomic E-state index is 0.0770. The van der Waals surface area contributed by atoms with Gasteiger partial charge in [0.05, 0.1) is 19.2 Å². The predicted molar refractivity (Wildman–Crippen MR) is 79.2 cm³/mol.